The summed E-state index contributed by atoms with van der Waals surface area (Å²) in [7, 11) is 0. The van der Waals surface area contributed by atoms with E-state index in [2.05, 4.69) is 39.9 Å². The summed E-state index contributed by atoms with van der Waals surface area (Å²) in [5.41, 5.74) is -0.0180. The molecule has 1 heterocycles. The van der Waals surface area contributed by atoms with E-state index in [1.165, 1.54) is 0 Å². The van der Waals surface area contributed by atoms with Crippen LogP contribution in [0.25, 0.3) is 0 Å². The van der Waals surface area contributed by atoms with E-state index in [1.807, 2.05) is 4.90 Å². The number of aliphatic carboxylic acids is 1. The van der Waals surface area contributed by atoms with Crippen LogP contribution in [0, 0.1) is 17.3 Å². The van der Waals surface area contributed by atoms with Gasteiger partial charge >= 0.3 is 12.0 Å². The van der Waals surface area contributed by atoms with Crippen molar-refractivity contribution in [3.05, 3.63) is 0 Å². The summed E-state index contributed by atoms with van der Waals surface area (Å²) in [6.45, 7) is 12.0. The average Bonchev–Trinajstić information content (AvgIpc) is 2.23. The van der Waals surface area contributed by atoms with Crippen molar-refractivity contribution in [3.8, 4) is 0 Å². The molecule has 0 saturated carbocycles. The molecular weight excluding hydrogens is 268 g/mol. The lowest BCUT2D eigenvalue weighted by Gasteiger charge is -2.36. The van der Waals surface area contributed by atoms with E-state index >= 15 is 0 Å². The lowest BCUT2D eigenvalue weighted by molar-refractivity contribution is -0.137. The van der Waals surface area contributed by atoms with Gasteiger partial charge < -0.3 is 15.3 Å². The number of hydrogen-bond acceptors (Lipinski definition) is 2. The number of nitrogens with zero attached hydrogens (tertiary/aromatic N) is 1. The molecule has 0 aliphatic carbocycles. The van der Waals surface area contributed by atoms with E-state index in [-0.39, 0.29) is 23.9 Å². The molecule has 5 heteroatoms. The van der Waals surface area contributed by atoms with Crippen molar-refractivity contribution in [2.45, 2.75) is 59.9 Å². The molecule has 1 fully saturated rings. The second-order valence-electron chi connectivity index (χ2n) is 7.86. The number of hydrogen-bond donors (Lipinski definition) is 2. The SMILES string of the molecule is CC1CC(C)CN(C(=O)NC(CC(=O)O)CC(C)(C)C)C1. The van der Waals surface area contributed by atoms with Crippen molar-refractivity contribution < 1.29 is 14.7 Å². The van der Waals surface area contributed by atoms with E-state index < -0.39 is 5.97 Å². The van der Waals surface area contributed by atoms with Crippen molar-refractivity contribution >= 4 is 12.0 Å². The maximum absolute atomic E-state index is 12.4. The summed E-state index contributed by atoms with van der Waals surface area (Å²) >= 11 is 0. The molecule has 3 unspecified atom stereocenters. The molecule has 1 aliphatic rings. The fourth-order valence-corrected chi connectivity index (χ4v) is 3.22. The van der Waals surface area contributed by atoms with Crippen LogP contribution < -0.4 is 5.32 Å². The minimum Gasteiger partial charge on any atom is -0.481 e. The standard InChI is InChI=1S/C16H30N2O3/c1-11-6-12(2)10-18(9-11)15(21)17-13(7-14(19)20)8-16(3,4)5/h11-13H,6-10H2,1-5H3,(H,17,21)(H,19,20). The number of rotatable bonds is 4. The minimum atomic E-state index is -0.870. The molecule has 1 saturated heterocycles. The van der Waals surface area contributed by atoms with Gasteiger partial charge in [-0.05, 0) is 30.1 Å². The zero-order chi connectivity index (χ0) is 16.2. The van der Waals surface area contributed by atoms with Crippen molar-refractivity contribution in [2.24, 2.45) is 17.3 Å². The summed E-state index contributed by atoms with van der Waals surface area (Å²) in [5, 5.41) is 11.9. The number of likely N-dealkylation sites (tertiary alicyclic amines) is 1. The molecule has 0 spiro atoms. The van der Waals surface area contributed by atoms with Gasteiger partial charge in [0.1, 0.15) is 0 Å². The van der Waals surface area contributed by atoms with Gasteiger partial charge in [-0.3, -0.25) is 4.79 Å². The Morgan fingerprint density at radius 3 is 2.19 bits per heavy atom. The van der Waals surface area contributed by atoms with Crippen LogP contribution in [0.5, 0.6) is 0 Å². The Hall–Kier alpha value is -1.26. The fourth-order valence-electron chi connectivity index (χ4n) is 3.22. The fraction of sp³-hybridized carbons (Fsp3) is 0.875. The number of carboxylic acids is 1. The zero-order valence-corrected chi connectivity index (χ0v) is 14.0. The Morgan fingerprint density at radius 1 is 1.24 bits per heavy atom. The monoisotopic (exact) mass is 298 g/mol. The number of nitrogens with one attached hydrogen (secondary N) is 1. The number of piperidine rings is 1. The smallest absolute Gasteiger partial charge is 0.317 e. The molecule has 0 aromatic carbocycles. The van der Waals surface area contributed by atoms with Crippen LogP contribution in [-0.4, -0.2) is 41.1 Å². The first kappa shape index (κ1) is 17.8. The Bertz CT molecular complexity index is 366. The van der Waals surface area contributed by atoms with Gasteiger partial charge in [-0.2, -0.15) is 0 Å². The minimum absolute atomic E-state index is 0.0180. The highest BCUT2D eigenvalue weighted by Gasteiger charge is 2.28. The van der Waals surface area contributed by atoms with E-state index in [1.54, 1.807) is 0 Å². The largest absolute Gasteiger partial charge is 0.481 e. The third-order valence-corrected chi connectivity index (χ3v) is 3.76. The Morgan fingerprint density at radius 2 is 1.76 bits per heavy atom. The summed E-state index contributed by atoms with van der Waals surface area (Å²) in [4.78, 5) is 25.2. The molecular formula is C16H30N2O3. The molecule has 0 aromatic heterocycles. The summed E-state index contributed by atoms with van der Waals surface area (Å²) < 4.78 is 0. The predicted molar refractivity (Wildman–Crippen MR) is 83.2 cm³/mol. The second kappa shape index (κ2) is 7.14. The molecule has 1 aliphatic heterocycles. The molecule has 1 rings (SSSR count). The first-order valence-corrected chi connectivity index (χ1v) is 7.84. The summed E-state index contributed by atoms with van der Waals surface area (Å²) in [6.07, 6.45) is 1.77. The van der Waals surface area contributed by atoms with Gasteiger partial charge in [-0.15, -0.1) is 0 Å². The van der Waals surface area contributed by atoms with Crippen LogP contribution in [0.3, 0.4) is 0 Å². The molecule has 21 heavy (non-hydrogen) atoms. The topological polar surface area (TPSA) is 69.6 Å². The highest BCUT2D eigenvalue weighted by molar-refractivity contribution is 5.76. The van der Waals surface area contributed by atoms with Gasteiger partial charge in [0.15, 0.2) is 0 Å². The van der Waals surface area contributed by atoms with Crippen molar-refractivity contribution in [3.63, 3.8) is 0 Å². The maximum Gasteiger partial charge on any atom is 0.317 e. The normalized spacial score (nSPS) is 24.5. The van der Waals surface area contributed by atoms with E-state index in [0.717, 1.165) is 19.5 Å². The summed E-state index contributed by atoms with van der Waals surface area (Å²) in [5.74, 6) is 0.130. The lowest BCUT2D eigenvalue weighted by atomic mass is 9.87. The molecule has 0 aromatic rings. The van der Waals surface area contributed by atoms with Crippen LogP contribution >= 0.6 is 0 Å². The van der Waals surface area contributed by atoms with E-state index in [0.29, 0.717) is 18.3 Å². The molecule has 5 nitrogen and oxygen atoms in total. The Balaban J connectivity index is 2.64. The van der Waals surface area contributed by atoms with Crippen LogP contribution in [0.4, 0.5) is 4.79 Å². The van der Waals surface area contributed by atoms with E-state index in [4.69, 9.17) is 5.11 Å². The van der Waals surface area contributed by atoms with Crippen LogP contribution in [0.2, 0.25) is 0 Å². The highest BCUT2D eigenvalue weighted by atomic mass is 16.4. The molecule has 0 bridgehead atoms. The number of carbonyl (C=O) groups is 2. The van der Waals surface area contributed by atoms with Gasteiger partial charge in [-0.25, -0.2) is 4.79 Å². The van der Waals surface area contributed by atoms with Gasteiger partial charge in [0, 0.05) is 19.1 Å². The van der Waals surface area contributed by atoms with Crippen molar-refractivity contribution in [1.29, 1.82) is 0 Å². The van der Waals surface area contributed by atoms with Crippen LogP contribution in [0.1, 0.15) is 53.9 Å². The summed E-state index contributed by atoms with van der Waals surface area (Å²) in [6, 6.07) is -0.438. The number of urea groups is 1. The third kappa shape index (κ3) is 6.82. The maximum atomic E-state index is 12.4. The van der Waals surface area contributed by atoms with Gasteiger partial charge in [0.2, 0.25) is 0 Å². The molecule has 2 amide bonds. The zero-order valence-electron chi connectivity index (χ0n) is 14.0. The van der Waals surface area contributed by atoms with Crippen LogP contribution in [-0.2, 0) is 4.79 Å². The van der Waals surface area contributed by atoms with Gasteiger partial charge in [0.05, 0.1) is 6.42 Å². The molecule has 3 atom stereocenters. The highest BCUT2D eigenvalue weighted by Crippen LogP contribution is 2.24. The van der Waals surface area contributed by atoms with Crippen molar-refractivity contribution in [1.82, 2.24) is 10.2 Å². The molecule has 2 N–H and O–H groups in total. The van der Waals surface area contributed by atoms with Crippen molar-refractivity contribution in [2.75, 3.05) is 13.1 Å². The predicted octanol–water partition coefficient (Wildman–Crippen LogP) is 2.95. The number of carbonyl (C=O) groups excluding carboxylic acids is 1. The Labute approximate surface area is 128 Å². The first-order chi connectivity index (χ1) is 9.56. The quantitative estimate of drug-likeness (QED) is 0.838. The lowest BCUT2D eigenvalue weighted by Crippen LogP contribution is -2.51. The number of amides is 2. The second-order valence-corrected chi connectivity index (χ2v) is 7.86. The third-order valence-electron chi connectivity index (χ3n) is 3.76. The number of carboxylic acid groups (broad SMARTS) is 1. The molecule has 122 valence electrons. The van der Waals surface area contributed by atoms with Gasteiger partial charge in [0.25, 0.3) is 0 Å². The molecule has 0 radical (unpaired) electrons. The average molecular weight is 298 g/mol. The van der Waals surface area contributed by atoms with Crippen LogP contribution in [0.15, 0.2) is 0 Å². The Kier molecular flexibility index (Phi) is 6.05. The van der Waals surface area contributed by atoms with E-state index in [9.17, 15) is 9.59 Å². The first-order valence-electron chi connectivity index (χ1n) is 7.84. The van der Waals surface area contributed by atoms with Gasteiger partial charge in [-0.1, -0.05) is 34.6 Å².